The van der Waals surface area contributed by atoms with Gasteiger partial charge in [-0.15, -0.1) is 4.98 Å². The molecule has 0 spiro atoms. The Bertz CT molecular complexity index is 317. The molecule has 0 amide bonds. The predicted molar refractivity (Wildman–Crippen MR) is 56.7 cm³/mol. The fourth-order valence-electron chi connectivity index (χ4n) is 0.791. The zero-order valence-corrected chi connectivity index (χ0v) is 9.77. The van der Waals surface area contributed by atoms with Crippen molar-refractivity contribution in [3.8, 4) is 12.0 Å². The monoisotopic (exact) mass is 247 g/mol. The van der Waals surface area contributed by atoms with Crippen LogP contribution in [0, 0.1) is 0 Å². The number of hydrogen-bond acceptors (Lipinski definition) is 8. The van der Waals surface area contributed by atoms with Crippen LogP contribution in [-0.4, -0.2) is 57.8 Å². The first-order valence-corrected chi connectivity index (χ1v) is 5.44. The molecule has 8 heteroatoms. The molecule has 1 unspecified atom stereocenters. The van der Waals surface area contributed by atoms with Crippen molar-refractivity contribution in [3.63, 3.8) is 0 Å². The molecule has 0 saturated carbocycles. The van der Waals surface area contributed by atoms with Gasteiger partial charge in [-0.25, -0.2) is 0 Å². The van der Waals surface area contributed by atoms with Crippen molar-refractivity contribution in [2.75, 3.05) is 26.6 Å². The molecule has 0 bridgehead atoms. The molecule has 90 valence electrons. The highest BCUT2D eigenvalue weighted by molar-refractivity contribution is 7.99. The third kappa shape index (κ3) is 3.80. The summed E-state index contributed by atoms with van der Waals surface area (Å²) in [6.07, 6.45) is -0.807. The fraction of sp³-hybridized carbons (Fsp3) is 0.625. The lowest BCUT2D eigenvalue weighted by molar-refractivity contribution is 0.113. The lowest BCUT2D eigenvalue weighted by Crippen LogP contribution is -2.15. The van der Waals surface area contributed by atoms with Crippen LogP contribution in [0.25, 0.3) is 0 Å². The molecule has 2 N–H and O–H groups in total. The van der Waals surface area contributed by atoms with Gasteiger partial charge in [-0.05, 0) is 0 Å². The van der Waals surface area contributed by atoms with Gasteiger partial charge in [0.05, 0.1) is 26.9 Å². The van der Waals surface area contributed by atoms with E-state index >= 15 is 0 Å². The van der Waals surface area contributed by atoms with Crippen molar-refractivity contribution >= 4 is 11.8 Å². The molecule has 0 radical (unpaired) electrons. The van der Waals surface area contributed by atoms with E-state index in [4.69, 9.17) is 19.7 Å². The number of nitrogens with zero attached hydrogens (tertiary/aromatic N) is 3. The fourth-order valence-corrected chi connectivity index (χ4v) is 1.52. The Balaban J connectivity index is 2.71. The molecule has 0 fully saturated rings. The van der Waals surface area contributed by atoms with E-state index in [0.29, 0.717) is 5.16 Å². The van der Waals surface area contributed by atoms with Crippen molar-refractivity contribution in [2.24, 2.45) is 0 Å². The largest absolute Gasteiger partial charge is 0.467 e. The standard InChI is InChI=1S/C8H13N3O4S/c1-14-6-9-7(15-2)11-8(10-6)16-4-5(13)3-12/h5,12-13H,3-4H2,1-2H3. The molecule has 0 aliphatic heterocycles. The van der Waals surface area contributed by atoms with Gasteiger partial charge in [0.25, 0.3) is 0 Å². The number of thioether (sulfide) groups is 1. The number of rotatable bonds is 6. The first-order valence-electron chi connectivity index (χ1n) is 4.45. The smallest absolute Gasteiger partial charge is 0.323 e. The summed E-state index contributed by atoms with van der Waals surface area (Å²) in [5, 5.41) is 18.2. The van der Waals surface area contributed by atoms with Gasteiger partial charge in [0.15, 0.2) is 5.16 Å². The third-order valence-corrected chi connectivity index (χ3v) is 2.55. The summed E-state index contributed by atoms with van der Waals surface area (Å²) in [6, 6.07) is 0.292. The SMILES string of the molecule is COc1nc(OC)nc(SCC(O)CO)n1. The van der Waals surface area contributed by atoms with Gasteiger partial charge in [-0.1, -0.05) is 11.8 Å². The van der Waals surface area contributed by atoms with Crippen LogP contribution in [0.2, 0.25) is 0 Å². The Morgan fingerprint density at radius 3 is 2.19 bits per heavy atom. The minimum absolute atomic E-state index is 0.146. The van der Waals surface area contributed by atoms with E-state index in [1.54, 1.807) is 0 Å². The zero-order chi connectivity index (χ0) is 12.0. The van der Waals surface area contributed by atoms with Crippen LogP contribution in [0.1, 0.15) is 0 Å². The van der Waals surface area contributed by atoms with Gasteiger partial charge in [0, 0.05) is 5.75 Å². The summed E-state index contributed by atoms with van der Waals surface area (Å²) in [7, 11) is 2.87. The maximum atomic E-state index is 9.17. The topological polar surface area (TPSA) is 97.6 Å². The maximum Gasteiger partial charge on any atom is 0.323 e. The number of aliphatic hydroxyl groups excluding tert-OH is 2. The van der Waals surface area contributed by atoms with Crippen LogP contribution in [0.15, 0.2) is 5.16 Å². The van der Waals surface area contributed by atoms with Crippen LogP contribution in [0.4, 0.5) is 0 Å². The van der Waals surface area contributed by atoms with Gasteiger partial charge >= 0.3 is 12.0 Å². The summed E-state index contributed by atoms with van der Waals surface area (Å²) >= 11 is 1.18. The van der Waals surface area contributed by atoms with Crippen LogP contribution in [0.5, 0.6) is 12.0 Å². The highest BCUT2D eigenvalue weighted by Gasteiger charge is 2.10. The molecule has 1 atom stereocenters. The maximum absolute atomic E-state index is 9.17. The average molecular weight is 247 g/mol. The lowest BCUT2D eigenvalue weighted by atomic mass is 10.4. The van der Waals surface area contributed by atoms with Crippen LogP contribution in [-0.2, 0) is 0 Å². The minimum Gasteiger partial charge on any atom is -0.467 e. The molecular weight excluding hydrogens is 234 g/mol. The first kappa shape index (κ1) is 12.9. The van der Waals surface area contributed by atoms with Gasteiger partial charge in [-0.2, -0.15) is 9.97 Å². The van der Waals surface area contributed by atoms with Crippen LogP contribution < -0.4 is 9.47 Å². The normalized spacial score (nSPS) is 12.2. The second-order valence-corrected chi connectivity index (χ2v) is 3.73. The van der Waals surface area contributed by atoms with Crippen molar-refractivity contribution in [2.45, 2.75) is 11.3 Å². The van der Waals surface area contributed by atoms with Gasteiger partial charge in [-0.3, -0.25) is 0 Å². The van der Waals surface area contributed by atoms with E-state index in [0.717, 1.165) is 0 Å². The molecule has 1 aromatic heterocycles. The molecular formula is C8H13N3O4S. The predicted octanol–water partition coefficient (Wildman–Crippen LogP) is -0.666. The third-order valence-electron chi connectivity index (χ3n) is 1.55. The Morgan fingerprint density at radius 2 is 1.75 bits per heavy atom. The molecule has 1 heterocycles. The molecule has 0 aliphatic rings. The zero-order valence-electron chi connectivity index (χ0n) is 8.95. The lowest BCUT2D eigenvalue weighted by Gasteiger charge is -2.06. The second kappa shape index (κ2) is 6.46. The second-order valence-electron chi connectivity index (χ2n) is 2.74. The highest BCUT2D eigenvalue weighted by atomic mass is 32.2. The summed E-state index contributed by atoms with van der Waals surface area (Å²) in [4.78, 5) is 11.7. The first-order chi connectivity index (χ1) is 7.69. The van der Waals surface area contributed by atoms with E-state index in [1.807, 2.05) is 0 Å². The highest BCUT2D eigenvalue weighted by Crippen LogP contribution is 2.18. The van der Waals surface area contributed by atoms with E-state index in [9.17, 15) is 0 Å². The number of aromatic nitrogens is 3. The number of aliphatic hydroxyl groups is 2. The molecule has 0 aromatic carbocycles. The average Bonchev–Trinajstić information content (AvgIpc) is 2.35. The number of hydrogen-bond donors (Lipinski definition) is 2. The molecule has 16 heavy (non-hydrogen) atoms. The molecule has 1 aromatic rings. The quantitative estimate of drug-likeness (QED) is 0.639. The Hall–Kier alpha value is -1.12. The number of methoxy groups -OCH3 is 2. The van der Waals surface area contributed by atoms with E-state index < -0.39 is 6.10 Å². The van der Waals surface area contributed by atoms with Crippen molar-refractivity contribution < 1.29 is 19.7 Å². The Morgan fingerprint density at radius 1 is 1.19 bits per heavy atom. The van der Waals surface area contributed by atoms with Crippen molar-refractivity contribution in [3.05, 3.63) is 0 Å². The van der Waals surface area contributed by atoms with Gasteiger partial charge in [0.1, 0.15) is 0 Å². The van der Waals surface area contributed by atoms with E-state index in [2.05, 4.69) is 15.0 Å². The summed E-state index contributed by atoms with van der Waals surface area (Å²) in [6.45, 7) is -0.299. The summed E-state index contributed by atoms with van der Waals surface area (Å²) in [5.74, 6) is 0.285. The molecule has 0 saturated heterocycles. The summed E-state index contributed by atoms with van der Waals surface area (Å²) < 4.78 is 9.73. The van der Waals surface area contributed by atoms with Crippen LogP contribution in [0.3, 0.4) is 0 Å². The Labute approximate surface area is 96.9 Å². The molecule has 0 aliphatic carbocycles. The summed E-state index contributed by atoms with van der Waals surface area (Å²) in [5.41, 5.74) is 0. The Kier molecular flexibility index (Phi) is 5.23. The molecule has 1 rings (SSSR count). The van der Waals surface area contributed by atoms with Crippen molar-refractivity contribution in [1.82, 2.24) is 15.0 Å². The van der Waals surface area contributed by atoms with Gasteiger partial charge < -0.3 is 19.7 Å². The van der Waals surface area contributed by atoms with E-state index in [-0.39, 0.29) is 24.4 Å². The van der Waals surface area contributed by atoms with E-state index in [1.165, 1.54) is 26.0 Å². The number of ether oxygens (including phenoxy) is 2. The molecule has 7 nitrogen and oxygen atoms in total. The van der Waals surface area contributed by atoms with Gasteiger partial charge in [0.2, 0.25) is 0 Å². The van der Waals surface area contributed by atoms with Crippen molar-refractivity contribution in [1.29, 1.82) is 0 Å². The van der Waals surface area contributed by atoms with Crippen LogP contribution >= 0.6 is 11.8 Å². The minimum atomic E-state index is -0.807.